The topological polar surface area (TPSA) is 63.7 Å². The van der Waals surface area contributed by atoms with E-state index in [1.54, 1.807) is 11.3 Å². The van der Waals surface area contributed by atoms with E-state index in [4.69, 9.17) is 14.5 Å². The molecule has 1 saturated heterocycles. The Labute approximate surface area is 156 Å². The van der Waals surface area contributed by atoms with Crippen molar-refractivity contribution in [2.45, 2.75) is 31.7 Å². The van der Waals surface area contributed by atoms with Crippen LogP contribution in [0.25, 0.3) is 0 Å². The molecule has 3 aliphatic rings. The number of anilines is 1. The van der Waals surface area contributed by atoms with Gasteiger partial charge in [-0.15, -0.1) is 11.3 Å². The van der Waals surface area contributed by atoms with E-state index in [1.807, 2.05) is 12.1 Å². The molecule has 1 N–H and O–H groups in total. The SMILES string of the molecule is O=C1C[C@H](c2ccc3c(c2)OCCO3)c2sc(N3CCCC3)nc2CN1. The maximum atomic E-state index is 12.3. The molecule has 26 heavy (non-hydrogen) atoms. The zero-order valence-corrected chi connectivity index (χ0v) is 15.3. The summed E-state index contributed by atoms with van der Waals surface area (Å²) >= 11 is 1.74. The average molecular weight is 371 g/mol. The number of ether oxygens (including phenoxy) is 2. The molecule has 1 aromatic heterocycles. The van der Waals surface area contributed by atoms with Gasteiger partial charge < -0.3 is 19.7 Å². The van der Waals surface area contributed by atoms with Gasteiger partial charge in [-0.05, 0) is 30.5 Å². The van der Waals surface area contributed by atoms with E-state index in [0.717, 1.165) is 41.0 Å². The van der Waals surface area contributed by atoms with Crippen molar-refractivity contribution in [3.8, 4) is 11.5 Å². The standard InChI is InChI=1S/C19H21N3O3S/c23-17-10-13(12-3-4-15-16(9-12)25-8-7-24-15)18-14(11-20-17)21-19(26-18)22-5-1-2-6-22/h3-4,9,13H,1-2,5-8,10-11H2,(H,20,23)/t13-/m1/s1. The molecule has 6 nitrogen and oxygen atoms in total. The number of hydrogen-bond donors (Lipinski definition) is 1. The highest BCUT2D eigenvalue weighted by Gasteiger charge is 2.30. The van der Waals surface area contributed by atoms with Crippen molar-refractivity contribution in [1.82, 2.24) is 10.3 Å². The van der Waals surface area contributed by atoms with Crippen LogP contribution in [-0.2, 0) is 11.3 Å². The summed E-state index contributed by atoms with van der Waals surface area (Å²) in [6, 6.07) is 6.03. The van der Waals surface area contributed by atoms with Crippen molar-refractivity contribution in [3.63, 3.8) is 0 Å². The summed E-state index contributed by atoms with van der Waals surface area (Å²) in [5.41, 5.74) is 2.09. The van der Waals surface area contributed by atoms with Gasteiger partial charge in [0.2, 0.25) is 5.91 Å². The van der Waals surface area contributed by atoms with E-state index >= 15 is 0 Å². The van der Waals surface area contributed by atoms with Gasteiger partial charge in [-0.25, -0.2) is 4.98 Å². The molecule has 0 spiro atoms. The molecule has 1 fully saturated rings. The van der Waals surface area contributed by atoms with Gasteiger partial charge in [-0.1, -0.05) is 6.07 Å². The summed E-state index contributed by atoms with van der Waals surface area (Å²) in [4.78, 5) is 20.7. The number of rotatable bonds is 2. The van der Waals surface area contributed by atoms with E-state index in [1.165, 1.54) is 17.7 Å². The normalized spacial score (nSPS) is 21.9. The first kappa shape index (κ1) is 15.9. The van der Waals surface area contributed by atoms with Crippen molar-refractivity contribution >= 4 is 22.4 Å². The van der Waals surface area contributed by atoms with E-state index in [9.17, 15) is 4.79 Å². The minimum Gasteiger partial charge on any atom is -0.486 e. The lowest BCUT2D eigenvalue weighted by Crippen LogP contribution is -2.22. The Hall–Kier alpha value is -2.28. The molecule has 136 valence electrons. The summed E-state index contributed by atoms with van der Waals surface area (Å²) < 4.78 is 11.4. The maximum Gasteiger partial charge on any atom is 0.221 e. The molecule has 2 aromatic rings. The smallest absolute Gasteiger partial charge is 0.221 e. The molecule has 5 rings (SSSR count). The first-order chi connectivity index (χ1) is 12.8. The van der Waals surface area contributed by atoms with Crippen LogP contribution in [0.4, 0.5) is 5.13 Å². The first-order valence-corrected chi connectivity index (χ1v) is 10.0. The highest BCUT2D eigenvalue weighted by atomic mass is 32.1. The number of aromatic nitrogens is 1. The Bertz CT molecular complexity index is 845. The Morgan fingerprint density at radius 3 is 2.81 bits per heavy atom. The van der Waals surface area contributed by atoms with Gasteiger partial charge in [0.25, 0.3) is 0 Å². The molecule has 0 unspecified atom stereocenters. The number of carbonyl (C=O) groups is 1. The van der Waals surface area contributed by atoms with Crippen LogP contribution < -0.4 is 19.7 Å². The number of thiazole rings is 1. The Morgan fingerprint density at radius 2 is 1.96 bits per heavy atom. The molecule has 0 aliphatic carbocycles. The van der Waals surface area contributed by atoms with Gasteiger partial charge in [-0.2, -0.15) is 0 Å². The molecule has 1 amide bonds. The maximum absolute atomic E-state index is 12.3. The molecular weight excluding hydrogens is 350 g/mol. The first-order valence-electron chi connectivity index (χ1n) is 9.19. The Morgan fingerprint density at radius 1 is 1.15 bits per heavy atom. The molecule has 0 radical (unpaired) electrons. The minimum absolute atomic E-state index is 0.0113. The number of hydrogen-bond acceptors (Lipinski definition) is 6. The summed E-state index contributed by atoms with van der Waals surface area (Å²) in [5.74, 6) is 1.62. The van der Waals surface area contributed by atoms with Crippen molar-refractivity contribution < 1.29 is 14.3 Å². The van der Waals surface area contributed by atoms with Crippen molar-refractivity contribution in [1.29, 1.82) is 0 Å². The number of benzene rings is 1. The molecule has 1 atom stereocenters. The van der Waals surface area contributed by atoms with Gasteiger partial charge in [0.1, 0.15) is 13.2 Å². The predicted molar refractivity (Wildman–Crippen MR) is 99.3 cm³/mol. The lowest BCUT2D eigenvalue weighted by atomic mass is 9.93. The van der Waals surface area contributed by atoms with Crippen LogP contribution in [0.2, 0.25) is 0 Å². The van der Waals surface area contributed by atoms with Gasteiger partial charge in [0.15, 0.2) is 16.6 Å². The van der Waals surface area contributed by atoms with Crippen LogP contribution in [-0.4, -0.2) is 37.2 Å². The summed E-state index contributed by atoms with van der Waals surface area (Å²) in [6.45, 7) is 3.81. The lowest BCUT2D eigenvalue weighted by Gasteiger charge is -2.21. The molecule has 3 aliphatic heterocycles. The average Bonchev–Trinajstić information content (AvgIpc) is 3.31. The molecular formula is C19H21N3O3S. The highest BCUT2D eigenvalue weighted by Crippen LogP contribution is 2.42. The van der Waals surface area contributed by atoms with Crippen LogP contribution in [0, 0.1) is 0 Å². The van der Waals surface area contributed by atoms with Crippen molar-refractivity contribution in [3.05, 3.63) is 34.3 Å². The zero-order chi connectivity index (χ0) is 17.5. The van der Waals surface area contributed by atoms with Crippen molar-refractivity contribution in [2.75, 3.05) is 31.2 Å². The lowest BCUT2D eigenvalue weighted by molar-refractivity contribution is -0.121. The number of amides is 1. The quantitative estimate of drug-likeness (QED) is 0.879. The second-order valence-corrected chi connectivity index (χ2v) is 7.95. The fourth-order valence-electron chi connectivity index (χ4n) is 3.87. The van der Waals surface area contributed by atoms with Gasteiger partial charge in [0, 0.05) is 30.3 Å². The number of fused-ring (bicyclic) bond motifs is 2. The summed E-state index contributed by atoms with van der Waals surface area (Å²) in [5, 5.41) is 4.09. The predicted octanol–water partition coefficient (Wildman–Crippen LogP) is 2.67. The molecule has 0 bridgehead atoms. The molecule has 4 heterocycles. The molecule has 7 heteroatoms. The van der Waals surface area contributed by atoms with E-state index < -0.39 is 0 Å². The number of carbonyl (C=O) groups excluding carboxylic acids is 1. The third kappa shape index (κ3) is 2.80. The summed E-state index contributed by atoms with van der Waals surface area (Å²) in [6.07, 6.45) is 2.90. The number of nitrogens with zero attached hydrogens (tertiary/aromatic N) is 2. The Kier molecular flexibility index (Phi) is 3.96. The fraction of sp³-hybridized carbons (Fsp3) is 0.474. The second-order valence-electron chi connectivity index (χ2n) is 6.94. The van der Waals surface area contributed by atoms with Crippen LogP contribution >= 0.6 is 11.3 Å². The van der Waals surface area contributed by atoms with Crippen molar-refractivity contribution in [2.24, 2.45) is 0 Å². The minimum atomic E-state index is 0.0113. The van der Waals surface area contributed by atoms with Gasteiger partial charge in [0.05, 0.1) is 12.2 Å². The second kappa shape index (κ2) is 6.46. The molecule has 1 aromatic carbocycles. The van der Waals surface area contributed by atoms with E-state index in [0.29, 0.717) is 26.2 Å². The van der Waals surface area contributed by atoms with Gasteiger partial charge in [-0.3, -0.25) is 4.79 Å². The largest absolute Gasteiger partial charge is 0.486 e. The van der Waals surface area contributed by atoms with E-state index in [2.05, 4.69) is 16.3 Å². The van der Waals surface area contributed by atoms with Crippen LogP contribution in [0.5, 0.6) is 11.5 Å². The third-order valence-corrected chi connectivity index (χ3v) is 6.49. The molecule has 0 saturated carbocycles. The summed E-state index contributed by atoms with van der Waals surface area (Å²) in [7, 11) is 0. The third-order valence-electron chi connectivity index (χ3n) is 5.22. The zero-order valence-electron chi connectivity index (χ0n) is 14.5. The van der Waals surface area contributed by atoms with E-state index in [-0.39, 0.29) is 11.8 Å². The highest BCUT2D eigenvalue weighted by molar-refractivity contribution is 7.15. The Balaban J connectivity index is 1.54. The number of nitrogens with one attached hydrogen (secondary N) is 1. The monoisotopic (exact) mass is 371 g/mol. The van der Waals surface area contributed by atoms with Crippen LogP contribution in [0.15, 0.2) is 18.2 Å². The fourth-order valence-corrected chi connectivity index (χ4v) is 5.13. The van der Waals surface area contributed by atoms with Crippen LogP contribution in [0.1, 0.15) is 41.3 Å². The van der Waals surface area contributed by atoms with Gasteiger partial charge >= 0.3 is 0 Å². The van der Waals surface area contributed by atoms with Crippen LogP contribution in [0.3, 0.4) is 0 Å².